The van der Waals surface area contributed by atoms with Crippen molar-refractivity contribution in [3.8, 4) is 11.1 Å². The molecule has 148 valence electrons. The van der Waals surface area contributed by atoms with Gasteiger partial charge in [-0.25, -0.2) is 4.79 Å². The van der Waals surface area contributed by atoms with Crippen molar-refractivity contribution in [3.05, 3.63) is 58.7 Å². The Morgan fingerprint density at radius 3 is 2.29 bits per heavy atom. The van der Waals surface area contributed by atoms with Crippen molar-refractivity contribution in [1.82, 2.24) is 4.90 Å². The van der Waals surface area contributed by atoms with E-state index in [2.05, 4.69) is 36.4 Å². The Bertz CT molecular complexity index is 864. The van der Waals surface area contributed by atoms with E-state index in [4.69, 9.17) is 4.74 Å². The predicted octanol–water partition coefficient (Wildman–Crippen LogP) is 5.57. The van der Waals surface area contributed by atoms with Gasteiger partial charge in [-0.3, -0.25) is 0 Å². The quantitative estimate of drug-likeness (QED) is 0.650. The molecule has 3 nitrogen and oxygen atoms in total. The minimum atomic E-state index is -0.454. The summed E-state index contributed by atoms with van der Waals surface area (Å²) in [5.41, 5.74) is 8.24. The average Bonchev–Trinajstić information content (AvgIpc) is 2.88. The number of fused-ring (bicyclic) bond motifs is 2. The average molecular weight is 378 g/mol. The fraction of sp³-hybridized carbons (Fsp3) is 0.480. The summed E-state index contributed by atoms with van der Waals surface area (Å²) >= 11 is 0. The van der Waals surface area contributed by atoms with Gasteiger partial charge in [0.1, 0.15) is 5.60 Å². The zero-order valence-electron chi connectivity index (χ0n) is 17.4. The number of benzene rings is 2. The zero-order valence-corrected chi connectivity index (χ0v) is 17.4. The molecule has 1 aliphatic carbocycles. The summed E-state index contributed by atoms with van der Waals surface area (Å²) in [7, 11) is 0. The lowest BCUT2D eigenvalue weighted by Gasteiger charge is -2.26. The fourth-order valence-corrected chi connectivity index (χ4v) is 4.60. The number of amides is 1. The maximum Gasteiger partial charge on any atom is 0.410 e. The van der Waals surface area contributed by atoms with E-state index >= 15 is 0 Å². The fourth-order valence-electron chi connectivity index (χ4n) is 4.60. The topological polar surface area (TPSA) is 29.5 Å². The Balaban J connectivity index is 1.71. The highest BCUT2D eigenvalue weighted by Crippen LogP contribution is 2.38. The molecule has 4 rings (SSSR count). The second-order valence-corrected chi connectivity index (χ2v) is 9.07. The number of nitrogens with zero attached hydrogens (tertiary/aromatic N) is 1. The second-order valence-electron chi connectivity index (χ2n) is 9.07. The van der Waals surface area contributed by atoms with Gasteiger partial charge < -0.3 is 9.64 Å². The number of ether oxygens (including phenoxy) is 1. The molecule has 1 aliphatic heterocycles. The molecule has 0 unspecified atom stereocenters. The summed E-state index contributed by atoms with van der Waals surface area (Å²) in [6.07, 6.45) is 6.51. The third kappa shape index (κ3) is 3.94. The Hall–Kier alpha value is -2.29. The van der Waals surface area contributed by atoms with Crippen LogP contribution in [0.5, 0.6) is 0 Å². The molecule has 0 fully saturated rings. The molecule has 2 aliphatic rings. The van der Waals surface area contributed by atoms with Crippen molar-refractivity contribution in [3.63, 3.8) is 0 Å². The van der Waals surface area contributed by atoms with Gasteiger partial charge in [-0.2, -0.15) is 0 Å². The van der Waals surface area contributed by atoms with Gasteiger partial charge in [0.15, 0.2) is 0 Å². The third-order valence-corrected chi connectivity index (χ3v) is 5.85. The molecule has 0 radical (unpaired) electrons. The SMILES string of the molecule is CC(C)(C)OC(=O)N1CCc2cc3c(c(-c4ccccc4)c2CC1)CCCC3. The van der Waals surface area contributed by atoms with E-state index in [1.54, 1.807) is 5.56 Å². The van der Waals surface area contributed by atoms with E-state index in [9.17, 15) is 4.79 Å². The lowest BCUT2D eigenvalue weighted by molar-refractivity contribution is 0.0258. The summed E-state index contributed by atoms with van der Waals surface area (Å²) in [5, 5.41) is 0. The molecule has 0 saturated heterocycles. The highest BCUT2D eigenvalue weighted by atomic mass is 16.6. The Morgan fingerprint density at radius 1 is 0.893 bits per heavy atom. The van der Waals surface area contributed by atoms with Crippen molar-refractivity contribution < 1.29 is 9.53 Å². The van der Waals surface area contributed by atoms with Crippen LogP contribution in [-0.2, 0) is 30.4 Å². The smallest absolute Gasteiger partial charge is 0.410 e. The van der Waals surface area contributed by atoms with Gasteiger partial charge in [0, 0.05) is 13.1 Å². The van der Waals surface area contributed by atoms with Gasteiger partial charge in [-0.1, -0.05) is 36.4 Å². The van der Waals surface area contributed by atoms with Crippen LogP contribution in [0.25, 0.3) is 11.1 Å². The second kappa shape index (κ2) is 7.62. The molecule has 1 heterocycles. The van der Waals surface area contributed by atoms with Gasteiger partial charge in [0.25, 0.3) is 0 Å². The largest absolute Gasteiger partial charge is 0.444 e. The number of rotatable bonds is 1. The maximum absolute atomic E-state index is 12.6. The van der Waals surface area contributed by atoms with Crippen LogP contribution in [0.2, 0.25) is 0 Å². The minimum Gasteiger partial charge on any atom is -0.444 e. The first-order chi connectivity index (χ1) is 13.4. The first-order valence-electron chi connectivity index (χ1n) is 10.6. The van der Waals surface area contributed by atoms with E-state index in [0.29, 0.717) is 0 Å². The molecule has 2 aromatic rings. The number of carbonyl (C=O) groups excluding carboxylic acids is 1. The van der Waals surface area contributed by atoms with Gasteiger partial charge in [0.2, 0.25) is 0 Å². The van der Waals surface area contributed by atoms with E-state index in [1.165, 1.54) is 53.5 Å². The maximum atomic E-state index is 12.6. The minimum absolute atomic E-state index is 0.189. The van der Waals surface area contributed by atoms with Crippen molar-refractivity contribution in [2.24, 2.45) is 0 Å². The summed E-state index contributed by atoms with van der Waals surface area (Å²) in [4.78, 5) is 14.5. The number of carbonyl (C=O) groups is 1. The van der Waals surface area contributed by atoms with E-state index in [0.717, 1.165) is 25.9 Å². The monoisotopic (exact) mass is 377 g/mol. The number of hydrogen-bond donors (Lipinski definition) is 0. The molecule has 0 atom stereocenters. The molecule has 3 heteroatoms. The normalized spacial score (nSPS) is 16.8. The van der Waals surface area contributed by atoms with Crippen LogP contribution in [0, 0.1) is 0 Å². The van der Waals surface area contributed by atoms with Gasteiger partial charge >= 0.3 is 6.09 Å². The summed E-state index contributed by atoms with van der Waals surface area (Å²) in [5.74, 6) is 0. The molecule has 0 N–H and O–H groups in total. The number of hydrogen-bond acceptors (Lipinski definition) is 2. The lowest BCUT2D eigenvalue weighted by Crippen LogP contribution is -2.38. The predicted molar refractivity (Wildman–Crippen MR) is 114 cm³/mol. The third-order valence-electron chi connectivity index (χ3n) is 5.85. The van der Waals surface area contributed by atoms with E-state index in [1.807, 2.05) is 25.7 Å². The van der Waals surface area contributed by atoms with Crippen LogP contribution in [0.15, 0.2) is 36.4 Å². The van der Waals surface area contributed by atoms with Crippen LogP contribution < -0.4 is 0 Å². The van der Waals surface area contributed by atoms with Crippen LogP contribution >= 0.6 is 0 Å². The zero-order chi connectivity index (χ0) is 19.7. The molecule has 0 saturated carbocycles. The highest BCUT2D eigenvalue weighted by Gasteiger charge is 2.27. The summed E-state index contributed by atoms with van der Waals surface area (Å²) < 4.78 is 5.63. The lowest BCUT2D eigenvalue weighted by atomic mass is 9.80. The van der Waals surface area contributed by atoms with E-state index < -0.39 is 5.60 Å². The van der Waals surface area contributed by atoms with Gasteiger partial charge in [0.05, 0.1) is 0 Å². The molecule has 0 aromatic heterocycles. The molecular weight excluding hydrogens is 346 g/mol. The number of aryl methyl sites for hydroxylation is 1. The molecule has 2 aromatic carbocycles. The Morgan fingerprint density at radius 2 is 1.54 bits per heavy atom. The van der Waals surface area contributed by atoms with Crippen molar-refractivity contribution in [1.29, 1.82) is 0 Å². The van der Waals surface area contributed by atoms with Crippen LogP contribution in [0.1, 0.15) is 55.9 Å². The van der Waals surface area contributed by atoms with Crippen molar-refractivity contribution >= 4 is 6.09 Å². The molecule has 28 heavy (non-hydrogen) atoms. The van der Waals surface area contributed by atoms with Crippen LogP contribution in [0.3, 0.4) is 0 Å². The summed E-state index contributed by atoms with van der Waals surface area (Å²) in [6, 6.07) is 13.3. The standard InChI is InChI=1S/C25H31NO2/c1-25(2,3)28-24(27)26-15-13-20-17-19-11-7-8-12-21(19)23(22(20)14-16-26)18-9-5-4-6-10-18/h4-6,9-10,17H,7-8,11-16H2,1-3H3. The highest BCUT2D eigenvalue weighted by molar-refractivity contribution is 5.75. The Kier molecular flexibility index (Phi) is 5.18. The first-order valence-corrected chi connectivity index (χ1v) is 10.6. The van der Waals surface area contributed by atoms with Gasteiger partial charge in [-0.05, 0) is 92.7 Å². The van der Waals surface area contributed by atoms with Crippen LogP contribution in [0.4, 0.5) is 4.79 Å². The molecular formula is C25H31NO2. The molecule has 1 amide bonds. The van der Waals surface area contributed by atoms with Gasteiger partial charge in [-0.15, -0.1) is 0 Å². The van der Waals surface area contributed by atoms with Crippen molar-refractivity contribution in [2.45, 2.75) is 64.9 Å². The van der Waals surface area contributed by atoms with E-state index in [-0.39, 0.29) is 6.09 Å². The molecule has 0 spiro atoms. The summed E-state index contributed by atoms with van der Waals surface area (Å²) in [6.45, 7) is 7.24. The molecule has 0 bridgehead atoms. The van der Waals surface area contributed by atoms with Crippen LogP contribution in [-0.4, -0.2) is 29.7 Å². The Labute approximate surface area is 168 Å². The first kappa shape index (κ1) is 19.0. The van der Waals surface area contributed by atoms with Crippen molar-refractivity contribution in [2.75, 3.05) is 13.1 Å².